The predicted molar refractivity (Wildman–Crippen MR) is 62.5 cm³/mol. The standard InChI is InChI=1S/C10H5Cl2NO3/c11-5-2-1-4-6(14)3-7(15)10(16)13-9(4)8(5)12/h1-3,14H,(H,13,15,16). The van der Waals surface area contributed by atoms with Crippen molar-refractivity contribution in [2.75, 3.05) is 0 Å². The topological polar surface area (TPSA) is 70.2 Å². The molecule has 6 heteroatoms. The summed E-state index contributed by atoms with van der Waals surface area (Å²) in [5.74, 6) is -0.322. The summed E-state index contributed by atoms with van der Waals surface area (Å²) < 4.78 is 0. The summed E-state index contributed by atoms with van der Waals surface area (Å²) in [5, 5.41) is 10.2. The largest absolute Gasteiger partial charge is 0.507 e. The summed E-state index contributed by atoms with van der Waals surface area (Å²) in [6.45, 7) is 0. The molecule has 0 saturated heterocycles. The van der Waals surface area contributed by atoms with Crippen LogP contribution in [0.2, 0.25) is 10.0 Å². The van der Waals surface area contributed by atoms with Gasteiger partial charge in [-0.25, -0.2) is 0 Å². The molecule has 4 nitrogen and oxygen atoms in total. The molecule has 0 bridgehead atoms. The molecule has 0 fully saturated rings. The SMILES string of the molecule is O=c1cc(O)c2ccc(Cl)c(Cl)c2[nH]c1=O. The number of halogens is 2. The van der Waals surface area contributed by atoms with Crippen LogP contribution >= 0.6 is 23.2 Å². The molecule has 0 aliphatic rings. The van der Waals surface area contributed by atoms with Crippen molar-refractivity contribution >= 4 is 34.1 Å². The number of hydrogen-bond donors (Lipinski definition) is 2. The lowest BCUT2D eigenvalue weighted by Crippen LogP contribution is -2.22. The summed E-state index contributed by atoms with van der Waals surface area (Å²) in [6.07, 6.45) is 0. The van der Waals surface area contributed by atoms with Crippen LogP contribution < -0.4 is 11.0 Å². The number of fused-ring (bicyclic) bond motifs is 1. The van der Waals surface area contributed by atoms with Crippen molar-refractivity contribution in [3.8, 4) is 5.75 Å². The number of nitrogens with one attached hydrogen (secondary N) is 1. The molecule has 2 rings (SSSR count). The third-order valence-corrected chi connectivity index (χ3v) is 2.91. The highest BCUT2D eigenvalue weighted by Crippen LogP contribution is 2.31. The summed E-state index contributed by atoms with van der Waals surface area (Å²) >= 11 is 11.6. The molecule has 16 heavy (non-hydrogen) atoms. The second kappa shape index (κ2) is 3.81. The van der Waals surface area contributed by atoms with Crippen molar-refractivity contribution < 1.29 is 5.11 Å². The van der Waals surface area contributed by atoms with Gasteiger partial charge in [0, 0.05) is 11.5 Å². The second-order valence-electron chi connectivity index (χ2n) is 3.13. The van der Waals surface area contributed by atoms with E-state index < -0.39 is 11.0 Å². The number of rotatable bonds is 0. The van der Waals surface area contributed by atoms with Gasteiger partial charge in [0.15, 0.2) is 0 Å². The van der Waals surface area contributed by atoms with E-state index in [9.17, 15) is 14.7 Å². The van der Waals surface area contributed by atoms with Crippen LogP contribution in [0, 0.1) is 0 Å². The second-order valence-corrected chi connectivity index (χ2v) is 3.92. The van der Waals surface area contributed by atoms with Gasteiger partial charge in [-0.05, 0) is 12.1 Å². The molecule has 1 aromatic heterocycles. The number of aromatic amines is 1. The zero-order valence-electron chi connectivity index (χ0n) is 7.75. The van der Waals surface area contributed by atoms with E-state index in [-0.39, 0.29) is 26.7 Å². The van der Waals surface area contributed by atoms with Gasteiger partial charge < -0.3 is 10.1 Å². The van der Waals surface area contributed by atoms with Crippen LogP contribution in [-0.2, 0) is 0 Å². The Morgan fingerprint density at radius 1 is 1.19 bits per heavy atom. The van der Waals surface area contributed by atoms with E-state index in [1.54, 1.807) is 0 Å². The first-order chi connectivity index (χ1) is 7.50. The molecule has 0 atom stereocenters. The van der Waals surface area contributed by atoms with Crippen molar-refractivity contribution in [1.29, 1.82) is 0 Å². The van der Waals surface area contributed by atoms with Crippen molar-refractivity contribution in [1.82, 2.24) is 4.98 Å². The maximum atomic E-state index is 11.3. The fraction of sp³-hybridized carbons (Fsp3) is 0. The van der Waals surface area contributed by atoms with E-state index in [0.717, 1.165) is 6.07 Å². The monoisotopic (exact) mass is 257 g/mol. The molecule has 0 amide bonds. The van der Waals surface area contributed by atoms with Gasteiger partial charge in [-0.1, -0.05) is 23.2 Å². The summed E-state index contributed by atoms with van der Waals surface area (Å²) in [5.41, 5.74) is -1.57. The van der Waals surface area contributed by atoms with Crippen molar-refractivity contribution in [2.24, 2.45) is 0 Å². The molecular formula is C10H5Cl2NO3. The molecule has 2 N–H and O–H groups in total. The van der Waals surface area contributed by atoms with Gasteiger partial charge in [-0.2, -0.15) is 0 Å². The Morgan fingerprint density at radius 2 is 1.88 bits per heavy atom. The van der Waals surface area contributed by atoms with Crippen molar-refractivity contribution in [3.63, 3.8) is 0 Å². The molecule has 2 aromatic rings. The lowest BCUT2D eigenvalue weighted by Gasteiger charge is -1.99. The zero-order valence-corrected chi connectivity index (χ0v) is 9.26. The van der Waals surface area contributed by atoms with Crippen LogP contribution in [0.3, 0.4) is 0 Å². The molecule has 82 valence electrons. The predicted octanol–water partition coefficient (Wildman–Crippen LogP) is 1.90. The Morgan fingerprint density at radius 3 is 2.56 bits per heavy atom. The lowest BCUT2D eigenvalue weighted by atomic mass is 10.2. The van der Waals surface area contributed by atoms with Crippen molar-refractivity contribution in [2.45, 2.75) is 0 Å². The van der Waals surface area contributed by atoms with Gasteiger partial charge in [0.1, 0.15) is 5.75 Å². The maximum Gasteiger partial charge on any atom is 0.296 e. The fourth-order valence-corrected chi connectivity index (χ4v) is 1.70. The van der Waals surface area contributed by atoms with E-state index in [1.807, 2.05) is 0 Å². The van der Waals surface area contributed by atoms with E-state index in [0.29, 0.717) is 0 Å². The third kappa shape index (κ3) is 1.66. The Kier molecular flexibility index (Phi) is 2.61. The molecule has 0 unspecified atom stereocenters. The quantitative estimate of drug-likeness (QED) is 0.709. The first-order valence-corrected chi connectivity index (χ1v) is 5.00. The first-order valence-electron chi connectivity index (χ1n) is 4.25. The third-order valence-electron chi connectivity index (χ3n) is 2.10. The van der Waals surface area contributed by atoms with Gasteiger partial charge >= 0.3 is 0 Å². The van der Waals surface area contributed by atoms with E-state index in [1.165, 1.54) is 12.1 Å². The Hall–Kier alpha value is -1.52. The smallest absolute Gasteiger partial charge is 0.296 e. The Bertz CT molecular complexity index is 694. The number of aromatic hydroxyl groups is 1. The molecule has 0 saturated carbocycles. The van der Waals surface area contributed by atoms with Gasteiger partial charge in [-0.15, -0.1) is 0 Å². The zero-order chi connectivity index (χ0) is 11.9. The number of H-pyrrole nitrogens is 1. The van der Waals surface area contributed by atoms with Crippen LogP contribution in [0.25, 0.3) is 10.9 Å². The number of benzene rings is 1. The average molecular weight is 258 g/mol. The average Bonchev–Trinajstić information content (AvgIpc) is 2.33. The van der Waals surface area contributed by atoms with Gasteiger partial charge in [0.05, 0.1) is 15.6 Å². The minimum atomic E-state index is -0.866. The maximum absolute atomic E-state index is 11.3. The normalized spacial score (nSPS) is 10.6. The van der Waals surface area contributed by atoms with Crippen LogP contribution in [0.15, 0.2) is 27.8 Å². The molecule has 0 aliphatic carbocycles. The van der Waals surface area contributed by atoms with E-state index >= 15 is 0 Å². The Balaban J connectivity index is 3.17. The van der Waals surface area contributed by atoms with E-state index in [4.69, 9.17) is 23.2 Å². The molecular weight excluding hydrogens is 253 g/mol. The number of aromatic nitrogens is 1. The van der Waals surface area contributed by atoms with Gasteiger partial charge in [0.2, 0.25) is 5.43 Å². The summed E-state index contributed by atoms with van der Waals surface area (Å²) in [6, 6.07) is 3.77. The highest BCUT2D eigenvalue weighted by Gasteiger charge is 2.08. The lowest BCUT2D eigenvalue weighted by molar-refractivity contribution is 0.481. The minimum absolute atomic E-state index is 0.0853. The minimum Gasteiger partial charge on any atom is -0.507 e. The highest BCUT2D eigenvalue weighted by molar-refractivity contribution is 6.45. The highest BCUT2D eigenvalue weighted by atomic mass is 35.5. The van der Waals surface area contributed by atoms with Gasteiger partial charge in [-0.3, -0.25) is 9.59 Å². The van der Waals surface area contributed by atoms with E-state index in [2.05, 4.69) is 4.98 Å². The molecule has 0 spiro atoms. The molecule has 1 aromatic carbocycles. The molecule has 0 aliphatic heterocycles. The molecule has 0 radical (unpaired) electrons. The van der Waals surface area contributed by atoms with Crippen LogP contribution in [0.5, 0.6) is 5.75 Å². The summed E-state index contributed by atoms with van der Waals surface area (Å²) in [4.78, 5) is 24.7. The van der Waals surface area contributed by atoms with Crippen LogP contribution in [-0.4, -0.2) is 10.1 Å². The molecule has 1 heterocycles. The fourth-order valence-electron chi connectivity index (χ4n) is 1.33. The van der Waals surface area contributed by atoms with Gasteiger partial charge in [0.25, 0.3) is 5.56 Å². The summed E-state index contributed by atoms with van der Waals surface area (Å²) in [7, 11) is 0. The van der Waals surface area contributed by atoms with Crippen molar-refractivity contribution in [3.05, 3.63) is 48.8 Å². The van der Waals surface area contributed by atoms with Crippen LogP contribution in [0.4, 0.5) is 0 Å². The van der Waals surface area contributed by atoms with Crippen LogP contribution in [0.1, 0.15) is 0 Å². The first kappa shape index (κ1) is 11.0. The Labute approximate surface area is 99.1 Å². The number of hydrogen-bond acceptors (Lipinski definition) is 3.